The highest BCUT2D eigenvalue weighted by Crippen LogP contribution is 2.08. The standard InChI is InChI=1S/2C6H5N2.BrH.H2O3S/c2*7-8-6-4-2-1-3-5-6;;1-4(2)3/h2*1-5H;1H;(H2,1,2,3)/q2*+1;;/p-2. The average molecular weight is 371 g/mol. The van der Waals surface area contributed by atoms with Crippen LogP contribution in [0.4, 0.5) is 11.4 Å². The Kier molecular flexibility index (Phi) is 14.3. The van der Waals surface area contributed by atoms with Gasteiger partial charge in [0.1, 0.15) is 0 Å². The molecule has 0 aliphatic carbocycles. The molecule has 2 aromatic rings. The Labute approximate surface area is 134 Å². The van der Waals surface area contributed by atoms with Crippen LogP contribution in [0.3, 0.4) is 0 Å². The van der Waals surface area contributed by atoms with Crippen molar-refractivity contribution in [1.29, 1.82) is 10.8 Å². The number of halogens is 1. The van der Waals surface area contributed by atoms with Crippen molar-refractivity contribution in [3.63, 3.8) is 0 Å². The smallest absolute Gasteiger partial charge is 0.385 e. The molecule has 1 N–H and O–H groups in total. The highest BCUT2D eigenvalue weighted by Gasteiger charge is 1.96. The Balaban J connectivity index is 0. The lowest BCUT2D eigenvalue weighted by Crippen LogP contribution is -3.00. The molecule has 0 saturated heterocycles. The molecule has 0 fully saturated rings. The van der Waals surface area contributed by atoms with E-state index >= 15 is 0 Å². The van der Waals surface area contributed by atoms with Gasteiger partial charge >= 0.3 is 11.4 Å². The Morgan fingerprint density at radius 2 is 1.10 bits per heavy atom. The first-order valence-corrected chi connectivity index (χ1v) is 6.22. The van der Waals surface area contributed by atoms with Crippen LogP contribution in [0.1, 0.15) is 0 Å². The van der Waals surface area contributed by atoms with E-state index in [2.05, 4.69) is 9.95 Å². The molecule has 0 amide bonds. The lowest BCUT2D eigenvalue weighted by atomic mass is 10.3. The topological polar surface area (TPSA) is 117 Å². The van der Waals surface area contributed by atoms with Crippen molar-refractivity contribution in [1.82, 2.24) is 0 Å². The van der Waals surface area contributed by atoms with Gasteiger partial charge in [-0.15, -0.1) is 0 Å². The summed E-state index contributed by atoms with van der Waals surface area (Å²) in [4.78, 5) is 5.94. The largest absolute Gasteiger partial charge is 1.00 e. The van der Waals surface area contributed by atoms with Crippen molar-refractivity contribution in [2.45, 2.75) is 0 Å². The summed E-state index contributed by atoms with van der Waals surface area (Å²) in [6, 6.07) is 17.9. The molecule has 0 bridgehead atoms. The minimum absolute atomic E-state index is 0. The third-order valence-electron chi connectivity index (χ3n) is 1.74. The van der Waals surface area contributed by atoms with E-state index in [1.54, 1.807) is 24.3 Å². The molecule has 0 aromatic heterocycles. The van der Waals surface area contributed by atoms with Crippen molar-refractivity contribution in [2.24, 2.45) is 0 Å². The Morgan fingerprint density at radius 3 is 1.24 bits per heavy atom. The summed E-state index contributed by atoms with van der Waals surface area (Å²) in [6.07, 6.45) is 0. The van der Waals surface area contributed by atoms with Gasteiger partial charge < -0.3 is 26.1 Å². The quantitative estimate of drug-likeness (QED) is 0.540. The van der Waals surface area contributed by atoms with Gasteiger partial charge in [-0.05, 0) is 0 Å². The second kappa shape index (κ2) is 14.2. The molecular formula is C12H11BrN4O3S. The molecule has 1 unspecified atom stereocenters. The van der Waals surface area contributed by atoms with Crippen LogP contribution in [0.25, 0.3) is 9.95 Å². The van der Waals surface area contributed by atoms with Crippen LogP contribution >= 0.6 is 0 Å². The van der Waals surface area contributed by atoms with Crippen molar-refractivity contribution in [2.75, 3.05) is 0 Å². The van der Waals surface area contributed by atoms with Crippen LogP contribution < -0.4 is 17.0 Å². The van der Waals surface area contributed by atoms with Gasteiger partial charge in [-0.3, -0.25) is 0 Å². The number of benzene rings is 2. The van der Waals surface area contributed by atoms with Crippen LogP contribution in [-0.2, 0) is 11.4 Å². The Morgan fingerprint density at radius 1 is 0.857 bits per heavy atom. The fourth-order valence-corrected chi connectivity index (χ4v) is 0.989. The molecule has 110 valence electrons. The molecule has 0 saturated carbocycles. The molecule has 0 spiro atoms. The van der Waals surface area contributed by atoms with Crippen LogP contribution in [0, 0.1) is 10.8 Å². The lowest BCUT2D eigenvalue weighted by Gasteiger charge is -1.83. The molecule has 0 radical (unpaired) electrons. The molecule has 7 nitrogen and oxygen atoms in total. The van der Waals surface area contributed by atoms with Crippen molar-refractivity contribution < 1.29 is 30.3 Å². The van der Waals surface area contributed by atoms with Crippen LogP contribution in [0.5, 0.6) is 0 Å². The van der Waals surface area contributed by atoms with Gasteiger partial charge in [0.15, 0.2) is 9.95 Å². The second-order valence-electron chi connectivity index (χ2n) is 3.09. The zero-order chi connectivity index (χ0) is 15.2. The van der Waals surface area contributed by atoms with Gasteiger partial charge in [-0.2, -0.15) is 0 Å². The third kappa shape index (κ3) is 14.1. The molecule has 2 aromatic carbocycles. The maximum absolute atomic E-state index is 8.56. The molecule has 0 heterocycles. The number of hydrogen-bond acceptors (Lipinski definition) is 4. The normalized spacial score (nSPS) is 8.95. The summed E-state index contributed by atoms with van der Waals surface area (Å²) in [5, 5.41) is 16.3. The summed E-state index contributed by atoms with van der Waals surface area (Å²) in [7, 11) is 0. The molecule has 0 aliphatic heterocycles. The summed E-state index contributed by atoms with van der Waals surface area (Å²) in [6.45, 7) is 0. The third-order valence-corrected chi connectivity index (χ3v) is 1.74. The van der Waals surface area contributed by atoms with Gasteiger partial charge in [0, 0.05) is 24.3 Å². The minimum atomic E-state index is -2.86. The molecular weight excluding hydrogens is 360 g/mol. The number of diazo groups is 2. The lowest BCUT2D eigenvalue weighted by molar-refractivity contribution is -0.00000879. The molecule has 9 heteroatoms. The highest BCUT2D eigenvalue weighted by molar-refractivity contribution is 7.73. The zero-order valence-electron chi connectivity index (χ0n) is 10.6. The molecule has 2 rings (SSSR count). The fraction of sp³-hybridized carbons (Fsp3) is 0. The van der Waals surface area contributed by atoms with Crippen LogP contribution in [0.15, 0.2) is 60.7 Å². The van der Waals surface area contributed by atoms with E-state index in [4.69, 9.17) is 24.1 Å². The molecule has 1 atom stereocenters. The predicted octanol–water partition coefficient (Wildman–Crippen LogP) is 0.685. The number of rotatable bonds is 0. The summed E-state index contributed by atoms with van der Waals surface area (Å²) < 4.78 is 24.1. The Bertz CT molecular complexity index is 546. The van der Waals surface area contributed by atoms with Gasteiger partial charge in [0.25, 0.3) is 0 Å². The second-order valence-corrected chi connectivity index (χ2v) is 3.52. The maximum atomic E-state index is 8.56. The van der Waals surface area contributed by atoms with Gasteiger partial charge in [-0.1, -0.05) is 36.4 Å². The first-order valence-electron chi connectivity index (χ1n) is 5.18. The average Bonchev–Trinajstić information content (AvgIpc) is 2.49. The van der Waals surface area contributed by atoms with Gasteiger partial charge in [0.05, 0.1) is 11.4 Å². The van der Waals surface area contributed by atoms with E-state index < -0.39 is 11.4 Å². The predicted molar refractivity (Wildman–Crippen MR) is 73.9 cm³/mol. The van der Waals surface area contributed by atoms with Crippen molar-refractivity contribution in [3.8, 4) is 0 Å². The van der Waals surface area contributed by atoms with Gasteiger partial charge in [0.2, 0.25) is 10.8 Å². The van der Waals surface area contributed by atoms with E-state index in [1.807, 2.05) is 36.4 Å². The maximum Gasteiger partial charge on any atom is 0.385 e. The van der Waals surface area contributed by atoms with Gasteiger partial charge in [-0.25, -0.2) is 4.21 Å². The number of hydrogen-bond donors (Lipinski definition) is 1. The minimum Gasteiger partial charge on any atom is -1.00 e. The summed E-state index contributed by atoms with van der Waals surface area (Å²) in [5.74, 6) is 0. The van der Waals surface area contributed by atoms with Crippen molar-refractivity contribution >= 4 is 22.7 Å². The summed E-state index contributed by atoms with van der Waals surface area (Å²) >= 11 is -2.86. The van der Waals surface area contributed by atoms with E-state index in [-0.39, 0.29) is 17.0 Å². The molecule has 0 aliphatic rings. The monoisotopic (exact) mass is 370 g/mol. The van der Waals surface area contributed by atoms with Crippen LogP contribution in [0.2, 0.25) is 0 Å². The van der Waals surface area contributed by atoms with E-state index in [0.29, 0.717) is 11.4 Å². The fourth-order valence-electron chi connectivity index (χ4n) is 0.989. The van der Waals surface area contributed by atoms with Crippen molar-refractivity contribution in [3.05, 3.63) is 70.6 Å². The first kappa shape index (κ1) is 21.1. The SMILES string of the molecule is N#[N+]c1ccccc1.N#[N+]c1ccccc1.O=S([O-])O.[Br-]. The number of nitrogens with zero attached hydrogens (tertiary/aromatic N) is 4. The van der Waals surface area contributed by atoms with E-state index in [1.165, 1.54) is 0 Å². The zero-order valence-corrected chi connectivity index (χ0v) is 13.0. The first-order chi connectivity index (χ1) is 9.60. The van der Waals surface area contributed by atoms with E-state index in [9.17, 15) is 0 Å². The Hall–Kier alpha value is -2.17. The molecule has 21 heavy (non-hydrogen) atoms. The van der Waals surface area contributed by atoms with E-state index in [0.717, 1.165) is 0 Å². The highest BCUT2D eigenvalue weighted by atomic mass is 79.9. The summed E-state index contributed by atoms with van der Waals surface area (Å²) in [5.41, 5.74) is 1.18. The van der Waals surface area contributed by atoms with Crippen LogP contribution in [-0.4, -0.2) is 13.3 Å².